The van der Waals surface area contributed by atoms with E-state index in [9.17, 15) is 0 Å². The number of rotatable bonds is 4. The van der Waals surface area contributed by atoms with Crippen molar-refractivity contribution in [1.82, 2.24) is 4.68 Å². The second-order valence-corrected chi connectivity index (χ2v) is 7.59. The van der Waals surface area contributed by atoms with E-state index in [1.54, 1.807) is 28.9 Å². The van der Waals surface area contributed by atoms with E-state index in [4.69, 9.17) is 14.5 Å². The predicted molar refractivity (Wildman–Crippen MR) is 108 cm³/mol. The highest BCUT2D eigenvalue weighted by molar-refractivity contribution is 7.14. The highest BCUT2D eigenvalue weighted by atomic mass is 32.1. The lowest BCUT2D eigenvalue weighted by atomic mass is 10.2. The van der Waals surface area contributed by atoms with E-state index in [1.807, 2.05) is 41.9 Å². The van der Waals surface area contributed by atoms with Crippen molar-refractivity contribution >= 4 is 34.1 Å². The minimum absolute atomic E-state index is 0.752. The van der Waals surface area contributed by atoms with Crippen molar-refractivity contribution in [2.24, 2.45) is 10.1 Å². The topological polar surface area (TPSA) is 42.8 Å². The summed E-state index contributed by atoms with van der Waals surface area (Å²) in [5, 5.41) is 8.96. The molecule has 0 N–H and O–H groups in total. The number of furan rings is 1. The molecule has 0 aliphatic carbocycles. The van der Waals surface area contributed by atoms with Gasteiger partial charge in [0.25, 0.3) is 0 Å². The molecule has 3 aromatic heterocycles. The number of hydrogen-bond acceptors (Lipinski definition) is 5. The summed E-state index contributed by atoms with van der Waals surface area (Å²) in [6.07, 6.45) is 1.66. The number of aromatic nitrogens is 1. The minimum atomic E-state index is 0.752. The molecule has 3 heterocycles. The van der Waals surface area contributed by atoms with Gasteiger partial charge in [-0.2, -0.15) is 5.10 Å². The van der Waals surface area contributed by atoms with E-state index in [0.29, 0.717) is 0 Å². The van der Waals surface area contributed by atoms with E-state index in [0.717, 1.165) is 32.5 Å². The van der Waals surface area contributed by atoms with Crippen molar-refractivity contribution in [1.29, 1.82) is 0 Å². The highest BCUT2D eigenvalue weighted by Crippen LogP contribution is 2.25. The second-order valence-electron chi connectivity index (χ2n) is 5.80. The summed E-state index contributed by atoms with van der Waals surface area (Å²) in [5.74, 6) is 0.752. The molecule has 0 aliphatic heterocycles. The first kappa shape index (κ1) is 16.8. The molecule has 0 atom stereocenters. The van der Waals surface area contributed by atoms with Crippen molar-refractivity contribution in [3.05, 3.63) is 81.7 Å². The Hall–Kier alpha value is -2.70. The second kappa shape index (κ2) is 7.27. The van der Waals surface area contributed by atoms with Gasteiger partial charge in [0.05, 0.1) is 22.5 Å². The third-order valence-corrected chi connectivity index (χ3v) is 5.55. The molecule has 0 aliphatic rings. The summed E-state index contributed by atoms with van der Waals surface area (Å²) in [5.41, 5.74) is 3.96. The lowest BCUT2D eigenvalue weighted by Gasteiger charge is -2.03. The van der Waals surface area contributed by atoms with Gasteiger partial charge >= 0.3 is 0 Å². The molecular weight excluding hydrogens is 362 g/mol. The zero-order valence-electron chi connectivity index (χ0n) is 14.4. The monoisotopic (exact) mass is 379 g/mol. The molecule has 0 fully saturated rings. The molecule has 0 saturated heterocycles. The number of nitrogens with zero attached hydrogens (tertiary/aromatic N) is 3. The standard InChI is InChI=1S/C20H17N3OS2/c1-14-7-9-16(10-8-14)21-20-23(22-15(2)18-5-3-11-24-18)17(13-26-20)19-6-4-12-25-19/h3-13H,1-2H3. The van der Waals surface area contributed by atoms with E-state index in [-0.39, 0.29) is 0 Å². The van der Waals surface area contributed by atoms with Gasteiger partial charge < -0.3 is 4.42 Å². The summed E-state index contributed by atoms with van der Waals surface area (Å²) in [7, 11) is 0. The van der Waals surface area contributed by atoms with Crippen LogP contribution >= 0.6 is 22.7 Å². The quantitative estimate of drug-likeness (QED) is 0.420. The number of thiazole rings is 1. The maximum atomic E-state index is 5.48. The van der Waals surface area contributed by atoms with Gasteiger partial charge in [-0.1, -0.05) is 23.8 Å². The molecule has 0 radical (unpaired) electrons. The summed E-state index contributed by atoms with van der Waals surface area (Å²) < 4.78 is 7.37. The molecule has 26 heavy (non-hydrogen) atoms. The molecule has 0 unspecified atom stereocenters. The molecule has 130 valence electrons. The number of hydrogen-bond donors (Lipinski definition) is 0. The van der Waals surface area contributed by atoms with Crippen LogP contribution in [0, 0.1) is 6.92 Å². The van der Waals surface area contributed by atoms with Crippen LogP contribution in [-0.4, -0.2) is 10.4 Å². The van der Waals surface area contributed by atoms with Crippen molar-refractivity contribution in [3.63, 3.8) is 0 Å². The minimum Gasteiger partial charge on any atom is -0.463 e. The Labute approximate surface area is 159 Å². The Morgan fingerprint density at radius 2 is 1.88 bits per heavy atom. The Kier molecular flexibility index (Phi) is 4.69. The van der Waals surface area contributed by atoms with Crippen LogP contribution in [0.15, 0.2) is 80.1 Å². The molecular formula is C20H17N3OS2. The fourth-order valence-corrected chi connectivity index (χ4v) is 4.12. The van der Waals surface area contributed by atoms with Crippen LogP contribution in [0.5, 0.6) is 0 Å². The van der Waals surface area contributed by atoms with Gasteiger partial charge in [-0.25, -0.2) is 9.67 Å². The van der Waals surface area contributed by atoms with E-state index >= 15 is 0 Å². The smallest absolute Gasteiger partial charge is 0.211 e. The summed E-state index contributed by atoms with van der Waals surface area (Å²) >= 11 is 3.27. The lowest BCUT2D eigenvalue weighted by Crippen LogP contribution is -2.13. The average Bonchev–Trinajstić information content (AvgIpc) is 3.38. The highest BCUT2D eigenvalue weighted by Gasteiger charge is 2.10. The van der Waals surface area contributed by atoms with Crippen molar-refractivity contribution in [2.75, 3.05) is 0 Å². The molecule has 1 aromatic carbocycles. The Bertz CT molecular complexity index is 1080. The fraction of sp³-hybridized carbons (Fsp3) is 0.100. The largest absolute Gasteiger partial charge is 0.463 e. The first-order chi connectivity index (χ1) is 12.7. The van der Waals surface area contributed by atoms with Gasteiger partial charge in [0.2, 0.25) is 4.80 Å². The zero-order valence-corrected chi connectivity index (χ0v) is 16.1. The van der Waals surface area contributed by atoms with Gasteiger partial charge in [-0.05, 0) is 49.6 Å². The molecule has 4 aromatic rings. The van der Waals surface area contributed by atoms with E-state index < -0.39 is 0 Å². The number of thiophene rings is 1. The first-order valence-electron chi connectivity index (χ1n) is 8.16. The van der Waals surface area contributed by atoms with Gasteiger partial charge in [0.15, 0.2) is 0 Å². The third kappa shape index (κ3) is 3.47. The van der Waals surface area contributed by atoms with Gasteiger partial charge in [0.1, 0.15) is 11.5 Å². The summed E-state index contributed by atoms with van der Waals surface area (Å²) in [6.45, 7) is 4.01. The van der Waals surface area contributed by atoms with E-state index in [1.165, 1.54) is 5.56 Å². The van der Waals surface area contributed by atoms with Gasteiger partial charge in [-0.3, -0.25) is 0 Å². The molecule has 4 nitrogen and oxygen atoms in total. The maximum absolute atomic E-state index is 5.48. The molecule has 4 rings (SSSR count). The van der Waals surface area contributed by atoms with Crippen molar-refractivity contribution in [3.8, 4) is 10.6 Å². The SMILES string of the molecule is CC(=Nn1c(-c2cccs2)csc1=Nc1ccc(C)cc1)c1ccco1. The van der Waals surface area contributed by atoms with Crippen LogP contribution in [0.2, 0.25) is 0 Å². The summed E-state index contributed by atoms with van der Waals surface area (Å²) in [6, 6.07) is 16.1. The van der Waals surface area contributed by atoms with Crippen molar-refractivity contribution < 1.29 is 4.42 Å². The molecule has 0 saturated carbocycles. The van der Waals surface area contributed by atoms with Crippen LogP contribution in [0.25, 0.3) is 10.6 Å². The number of benzene rings is 1. The molecule has 0 spiro atoms. The normalized spacial score (nSPS) is 12.7. The number of aryl methyl sites for hydroxylation is 1. The molecule has 0 amide bonds. The van der Waals surface area contributed by atoms with Crippen LogP contribution in [0.4, 0.5) is 5.69 Å². The maximum Gasteiger partial charge on any atom is 0.211 e. The lowest BCUT2D eigenvalue weighted by molar-refractivity contribution is 0.556. The van der Waals surface area contributed by atoms with Crippen LogP contribution in [0.1, 0.15) is 18.2 Å². The van der Waals surface area contributed by atoms with E-state index in [2.05, 4.69) is 35.9 Å². The molecule has 6 heteroatoms. The zero-order chi connectivity index (χ0) is 17.9. The van der Waals surface area contributed by atoms with Crippen molar-refractivity contribution in [2.45, 2.75) is 13.8 Å². The van der Waals surface area contributed by atoms with Crippen LogP contribution in [0.3, 0.4) is 0 Å². The van der Waals surface area contributed by atoms with Crippen LogP contribution in [-0.2, 0) is 0 Å². The summed E-state index contributed by atoms with van der Waals surface area (Å²) in [4.78, 5) is 6.77. The van der Waals surface area contributed by atoms with Crippen LogP contribution < -0.4 is 4.80 Å². The van der Waals surface area contributed by atoms with Gasteiger partial charge in [-0.15, -0.1) is 22.7 Å². The Morgan fingerprint density at radius 3 is 2.58 bits per heavy atom. The molecule has 0 bridgehead atoms. The van der Waals surface area contributed by atoms with Gasteiger partial charge in [0, 0.05) is 5.38 Å². The average molecular weight is 380 g/mol. The predicted octanol–water partition coefficient (Wildman–Crippen LogP) is 5.68. The third-order valence-electron chi connectivity index (χ3n) is 3.85. The first-order valence-corrected chi connectivity index (χ1v) is 9.92. The fourth-order valence-electron chi connectivity index (χ4n) is 2.48. The Balaban J connectivity index is 1.87. The Morgan fingerprint density at radius 1 is 1.04 bits per heavy atom.